The van der Waals surface area contributed by atoms with Gasteiger partial charge in [-0.05, 0) is 13.0 Å². The molecule has 0 spiro atoms. The highest BCUT2D eigenvalue weighted by Crippen LogP contribution is 2.17. The third-order valence-electron chi connectivity index (χ3n) is 2.36. The molecule has 19 heavy (non-hydrogen) atoms. The Kier molecular flexibility index (Phi) is 3.70. The van der Waals surface area contributed by atoms with Crippen molar-refractivity contribution in [2.45, 2.75) is 11.8 Å². The molecule has 0 amide bonds. The van der Waals surface area contributed by atoms with E-state index in [1.165, 1.54) is 29.2 Å². The number of nitrogens with one attached hydrogen (secondary N) is 2. The summed E-state index contributed by atoms with van der Waals surface area (Å²) in [6, 6.07) is 2.93. The highest BCUT2D eigenvalue weighted by atomic mass is 32.2. The smallest absolute Gasteiger partial charge is 0.262 e. The van der Waals surface area contributed by atoms with Gasteiger partial charge in [0, 0.05) is 32.1 Å². The minimum Gasteiger partial charge on any atom is -0.370 e. The van der Waals surface area contributed by atoms with Crippen LogP contribution in [0, 0.1) is 0 Å². The molecule has 2 heterocycles. The Hall–Kier alpha value is -2.09. The van der Waals surface area contributed by atoms with E-state index in [1.807, 2.05) is 6.92 Å². The molecular formula is C11H15N5O2S. The summed E-state index contributed by atoms with van der Waals surface area (Å²) in [5, 5.41) is 6.87. The van der Waals surface area contributed by atoms with Gasteiger partial charge in [0.15, 0.2) is 0 Å². The number of aryl methyl sites for hydroxylation is 1. The second kappa shape index (κ2) is 5.27. The summed E-state index contributed by atoms with van der Waals surface area (Å²) in [7, 11) is -1.91. The first-order valence-electron chi connectivity index (χ1n) is 5.72. The second-order valence-electron chi connectivity index (χ2n) is 3.92. The van der Waals surface area contributed by atoms with Crippen LogP contribution < -0.4 is 10.0 Å². The maximum atomic E-state index is 12.2. The molecule has 0 aliphatic heterocycles. The van der Waals surface area contributed by atoms with Crippen molar-refractivity contribution in [2.75, 3.05) is 16.6 Å². The molecule has 0 aliphatic rings. The zero-order valence-electron chi connectivity index (χ0n) is 10.7. The minimum absolute atomic E-state index is 0.155. The van der Waals surface area contributed by atoms with Gasteiger partial charge >= 0.3 is 0 Å². The van der Waals surface area contributed by atoms with E-state index in [0.29, 0.717) is 18.1 Å². The van der Waals surface area contributed by atoms with Crippen molar-refractivity contribution < 1.29 is 8.42 Å². The summed E-state index contributed by atoms with van der Waals surface area (Å²) in [6.07, 6.45) is 4.49. The van der Waals surface area contributed by atoms with Gasteiger partial charge in [0.2, 0.25) is 0 Å². The SMILES string of the molecule is CCNc1cc(S(=O)(=O)Nc2cnn(C)c2)ccn1. The molecule has 0 unspecified atom stereocenters. The number of nitrogens with zero attached hydrogens (tertiary/aromatic N) is 3. The number of hydrogen-bond donors (Lipinski definition) is 2. The highest BCUT2D eigenvalue weighted by molar-refractivity contribution is 7.92. The van der Waals surface area contributed by atoms with Gasteiger partial charge in [0.1, 0.15) is 5.82 Å². The van der Waals surface area contributed by atoms with Crippen LogP contribution in [0.15, 0.2) is 35.6 Å². The number of sulfonamides is 1. The number of anilines is 2. The topological polar surface area (TPSA) is 88.9 Å². The molecule has 2 N–H and O–H groups in total. The van der Waals surface area contributed by atoms with Gasteiger partial charge in [-0.15, -0.1) is 0 Å². The van der Waals surface area contributed by atoms with Crippen LogP contribution in [0.25, 0.3) is 0 Å². The lowest BCUT2D eigenvalue weighted by Gasteiger charge is -2.07. The Bertz CT molecular complexity index is 665. The Morgan fingerprint density at radius 3 is 2.84 bits per heavy atom. The molecule has 2 aromatic rings. The van der Waals surface area contributed by atoms with Gasteiger partial charge < -0.3 is 5.32 Å². The second-order valence-corrected chi connectivity index (χ2v) is 5.60. The average molecular weight is 281 g/mol. The molecule has 7 nitrogen and oxygen atoms in total. The molecule has 0 fully saturated rings. The first kappa shape index (κ1) is 13.3. The largest absolute Gasteiger partial charge is 0.370 e. The first-order chi connectivity index (χ1) is 9.01. The van der Waals surface area contributed by atoms with E-state index in [0.717, 1.165) is 0 Å². The van der Waals surface area contributed by atoms with E-state index in [9.17, 15) is 8.42 Å². The molecule has 0 saturated carbocycles. The lowest BCUT2D eigenvalue weighted by Crippen LogP contribution is -2.13. The van der Waals surface area contributed by atoms with Crippen molar-refractivity contribution in [1.29, 1.82) is 0 Å². The molecule has 0 aromatic carbocycles. The fraction of sp³-hybridized carbons (Fsp3) is 0.273. The summed E-state index contributed by atoms with van der Waals surface area (Å²) in [6.45, 7) is 2.59. The lowest BCUT2D eigenvalue weighted by atomic mass is 10.4. The normalized spacial score (nSPS) is 11.3. The van der Waals surface area contributed by atoms with Crippen molar-refractivity contribution >= 4 is 21.5 Å². The van der Waals surface area contributed by atoms with Crippen LogP contribution in [0.1, 0.15) is 6.92 Å². The fourth-order valence-corrected chi connectivity index (χ4v) is 2.58. The summed E-state index contributed by atoms with van der Waals surface area (Å²) in [4.78, 5) is 4.19. The predicted octanol–water partition coefficient (Wildman–Crippen LogP) is 1.05. The quantitative estimate of drug-likeness (QED) is 0.855. The number of hydrogen-bond acceptors (Lipinski definition) is 5. The van der Waals surface area contributed by atoms with Gasteiger partial charge in [0.25, 0.3) is 10.0 Å². The van der Waals surface area contributed by atoms with E-state index in [-0.39, 0.29) is 4.90 Å². The van der Waals surface area contributed by atoms with Crippen LogP contribution in [0.5, 0.6) is 0 Å². The molecule has 2 aromatic heterocycles. The zero-order valence-corrected chi connectivity index (χ0v) is 11.5. The molecule has 0 aliphatic carbocycles. The summed E-state index contributed by atoms with van der Waals surface area (Å²) < 4.78 is 28.3. The number of pyridine rings is 1. The monoisotopic (exact) mass is 281 g/mol. The predicted molar refractivity (Wildman–Crippen MR) is 72.4 cm³/mol. The molecule has 8 heteroatoms. The zero-order chi connectivity index (χ0) is 13.9. The minimum atomic E-state index is -3.62. The van der Waals surface area contributed by atoms with E-state index in [4.69, 9.17) is 0 Å². The molecule has 0 atom stereocenters. The third-order valence-corrected chi connectivity index (χ3v) is 3.74. The van der Waals surface area contributed by atoms with Crippen molar-refractivity contribution in [3.05, 3.63) is 30.7 Å². The molecule has 102 valence electrons. The van der Waals surface area contributed by atoms with E-state index < -0.39 is 10.0 Å². The van der Waals surface area contributed by atoms with E-state index in [1.54, 1.807) is 13.2 Å². The number of aromatic nitrogens is 3. The highest BCUT2D eigenvalue weighted by Gasteiger charge is 2.15. The average Bonchev–Trinajstić information content (AvgIpc) is 2.75. The lowest BCUT2D eigenvalue weighted by molar-refractivity contribution is 0.601. The van der Waals surface area contributed by atoms with Crippen molar-refractivity contribution in [2.24, 2.45) is 7.05 Å². The molecular weight excluding hydrogens is 266 g/mol. The Morgan fingerprint density at radius 2 is 2.21 bits per heavy atom. The number of rotatable bonds is 5. The fourth-order valence-electron chi connectivity index (χ4n) is 1.54. The van der Waals surface area contributed by atoms with Crippen LogP contribution in [0.2, 0.25) is 0 Å². The van der Waals surface area contributed by atoms with Crippen LogP contribution >= 0.6 is 0 Å². The van der Waals surface area contributed by atoms with Gasteiger partial charge in [-0.2, -0.15) is 5.10 Å². The summed E-state index contributed by atoms with van der Waals surface area (Å²) >= 11 is 0. The summed E-state index contributed by atoms with van der Waals surface area (Å²) in [5.41, 5.74) is 0.421. The molecule has 0 bridgehead atoms. The first-order valence-corrected chi connectivity index (χ1v) is 7.21. The van der Waals surface area contributed by atoms with Crippen molar-refractivity contribution in [3.8, 4) is 0 Å². The van der Waals surface area contributed by atoms with Crippen molar-refractivity contribution in [1.82, 2.24) is 14.8 Å². The maximum absolute atomic E-state index is 12.2. The van der Waals surface area contributed by atoms with Gasteiger partial charge in [0.05, 0.1) is 16.8 Å². The standard InChI is InChI=1S/C11H15N5O2S/c1-3-12-11-6-10(4-5-13-11)19(17,18)15-9-7-14-16(2)8-9/h4-8,15H,3H2,1-2H3,(H,12,13). The summed E-state index contributed by atoms with van der Waals surface area (Å²) in [5.74, 6) is 0.525. The Balaban J connectivity index is 2.26. The van der Waals surface area contributed by atoms with Crippen LogP contribution in [-0.2, 0) is 17.1 Å². The van der Waals surface area contributed by atoms with E-state index >= 15 is 0 Å². The maximum Gasteiger partial charge on any atom is 0.262 e. The third kappa shape index (κ3) is 3.22. The molecule has 2 rings (SSSR count). The van der Waals surface area contributed by atoms with Crippen LogP contribution in [0.3, 0.4) is 0 Å². The van der Waals surface area contributed by atoms with Gasteiger partial charge in [-0.3, -0.25) is 9.40 Å². The van der Waals surface area contributed by atoms with Crippen LogP contribution in [-0.4, -0.2) is 29.7 Å². The Morgan fingerprint density at radius 1 is 1.42 bits per heavy atom. The van der Waals surface area contributed by atoms with E-state index in [2.05, 4.69) is 20.1 Å². The van der Waals surface area contributed by atoms with Crippen molar-refractivity contribution in [3.63, 3.8) is 0 Å². The molecule has 0 saturated heterocycles. The van der Waals surface area contributed by atoms with Crippen LogP contribution in [0.4, 0.5) is 11.5 Å². The van der Waals surface area contributed by atoms with Gasteiger partial charge in [-0.25, -0.2) is 13.4 Å². The molecule has 0 radical (unpaired) electrons. The Labute approximate surface area is 111 Å². The van der Waals surface area contributed by atoms with Gasteiger partial charge in [-0.1, -0.05) is 0 Å².